The molecule has 0 aliphatic heterocycles. The van der Waals surface area contributed by atoms with Crippen molar-refractivity contribution in [2.75, 3.05) is 6.54 Å². The minimum Gasteiger partial charge on any atom is -0.550 e. The number of hydrogen-bond donors (Lipinski definition) is 1. The number of hydrogen-bond acceptors (Lipinski definition) is 3. The van der Waals surface area contributed by atoms with Gasteiger partial charge in [0.25, 0.3) is 0 Å². The normalized spacial score (nSPS) is 10.8. The highest BCUT2D eigenvalue weighted by atomic mass is 16.4. The first-order chi connectivity index (χ1) is 9.77. The molecule has 0 rings (SSSR count). The van der Waals surface area contributed by atoms with Gasteiger partial charge in [0.2, 0.25) is 0 Å². The van der Waals surface area contributed by atoms with E-state index < -0.39 is 5.97 Å². The minimum absolute atomic E-state index is 0.227. The Hall–Kier alpha value is -0.570. The van der Waals surface area contributed by atoms with Crippen molar-refractivity contribution in [3.8, 4) is 0 Å². The molecule has 3 nitrogen and oxygen atoms in total. The van der Waals surface area contributed by atoms with Crippen LogP contribution in [0.15, 0.2) is 0 Å². The fourth-order valence-electron chi connectivity index (χ4n) is 2.53. The Morgan fingerprint density at radius 2 is 0.900 bits per heavy atom. The summed E-state index contributed by atoms with van der Waals surface area (Å²) < 4.78 is 0. The Morgan fingerprint density at radius 1 is 0.600 bits per heavy atom. The van der Waals surface area contributed by atoms with Gasteiger partial charge >= 0.3 is 0 Å². The highest BCUT2D eigenvalue weighted by molar-refractivity contribution is 5.63. The minimum atomic E-state index is -0.909. The van der Waals surface area contributed by atoms with Crippen LogP contribution < -0.4 is 10.8 Å². The van der Waals surface area contributed by atoms with Gasteiger partial charge in [0, 0.05) is 5.97 Å². The lowest BCUT2D eigenvalue weighted by molar-refractivity contribution is -0.305. The molecule has 0 radical (unpaired) electrons. The molecule has 2 N–H and O–H groups in total. The average molecular weight is 284 g/mol. The van der Waals surface area contributed by atoms with Crippen LogP contribution in [0.5, 0.6) is 0 Å². The number of carbonyl (C=O) groups excluding carboxylic acids is 1. The Morgan fingerprint density at radius 3 is 1.20 bits per heavy atom. The number of carboxylic acid groups (broad SMARTS) is 1. The number of unbranched alkanes of at least 4 members (excludes halogenated alkanes) is 13. The van der Waals surface area contributed by atoms with Crippen LogP contribution in [0.4, 0.5) is 0 Å². The van der Waals surface area contributed by atoms with E-state index >= 15 is 0 Å². The Bertz CT molecular complexity index is 207. The van der Waals surface area contributed by atoms with Crippen LogP contribution in [-0.2, 0) is 4.79 Å². The zero-order valence-corrected chi connectivity index (χ0v) is 13.2. The maximum Gasteiger partial charge on any atom is 0.0414 e. The molecule has 0 aromatic rings. The van der Waals surface area contributed by atoms with E-state index in [1.165, 1.54) is 77.0 Å². The van der Waals surface area contributed by atoms with Crippen molar-refractivity contribution in [2.45, 2.75) is 96.3 Å². The molecule has 0 aromatic carbocycles. The lowest BCUT2D eigenvalue weighted by Crippen LogP contribution is -2.21. The summed E-state index contributed by atoms with van der Waals surface area (Å²) in [6, 6.07) is 0. The van der Waals surface area contributed by atoms with E-state index in [1.807, 2.05) is 0 Å². The summed E-state index contributed by atoms with van der Waals surface area (Å²) in [5.41, 5.74) is 5.46. The molecule has 0 unspecified atom stereocenters. The molecule has 0 aliphatic rings. The van der Waals surface area contributed by atoms with Crippen LogP contribution in [0.2, 0.25) is 0 Å². The molecule has 0 saturated carbocycles. The number of rotatable bonds is 16. The van der Waals surface area contributed by atoms with Gasteiger partial charge in [-0.05, 0) is 25.8 Å². The van der Waals surface area contributed by atoms with Crippen molar-refractivity contribution in [3.63, 3.8) is 0 Å². The fourth-order valence-corrected chi connectivity index (χ4v) is 2.53. The molecule has 0 heterocycles. The SMILES string of the molecule is NCCCCCCCCCCCCCCCCC(=O)[O-]. The van der Waals surface area contributed by atoms with Gasteiger partial charge in [-0.2, -0.15) is 0 Å². The first-order valence-electron chi connectivity index (χ1n) is 8.67. The van der Waals surface area contributed by atoms with Crippen molar-refractivity contribution in [1.29, 1.82) is 0 Å². The second-order valence-corrected chi connectivity index (χ2v) is 5.86. The Labute approximate surface area is 125 Å². The van der Waals surface area contributed by atoms with Crippen LogP contribution in [0.1, 0.15) is 96.3 Å². The maximum atomic E-state index is 10.2. The molecule has 120 valence electrons. The lowest BCUT2D eigenvalue weighted by Gasteiger charge is -2.04. The second kappa shape index (κ2) is 16.5. The van der Waals surface area contributed by atoms with Gasteiger partial charge in [0.05, 0.1) is 0 Å². The monoisotopic (exact) mass is 284 g/mol. The van der Waals surface area contributed by atoms with E-state index in [1.54, 1.807) is 0 Å². The van der Waals surface area contributed by atoms with Gasteiger partial charge in [-0.15, -0.1) is 0 Å². The number of nitrogens with two attached hydrogens (primary N) is 1. The van der Waals surface area contributed by atoms with Crippen molar-refractivity contribution < 1.29 is 9.90 Å². The average Bonchev–Trinajstić information content (AvgIpc) is 2.43. The molecule has 0 fully saturated rings. The van der Waals surface area contributed by atoms with E-state index in [9.17, 15) is 9.90 Å². The third-order valence-corrected chi connectivity index (χ3v) is 3.84. The molecular weight excluding hydrogens is 250 g/mol. The maximum absolute atomic E-state index is 10.2. The van der Waals surface area contributed by atoms with E-state index in [0.717, 1.165) is 19.4 Å². The van der Waals surface area contributed by atoms with Crippen LogP contribution in [0.25, 0.3) is 0 Å². The molecular formula is C17H34NO2-. The van der Waals surface area contributed by atoms with Crippen LogP contribution >= 0.6 is 0 Å². The highest BCUT2D eigenvalue weighted by Crippen LogP contribution is 2.13. The van der Waals surface area contributed by atoms with Gasteiger partial charge in [0.15, 0.2) is 0 Å². The predicted molar refractivity (Wildman–Crippen MR) is 83.3 cm³/mol. The largest absolute Gasteiger partial charge is 0.550 e. The third kappa shape index (κ3) is 17.4. The molecule has 0 aromatic heterocycles. The van der Waals surface area contributed by atoms with E-state index in [0.29, 0.717) is 0 Å². The van der Waals surface area contributed by atoms with Gasteiger partial charge in [0.1, 0.15) is 0 Å². The first-order valence-corrected chi connectivity index (χ1v) is 8.67. The second-order valence-electron chi connectivity index (χ2n) is 5.86. The van der Waals surface area contributed by atoms with Crippen LogP contribution in [0, 0.1) is 0 Å². The Balaban J connectivity index is 2.94. The summed E-state index contributed by atoms with van der Waals surface area (Å²) in [4.78, 5) is 10.2. The molecule has 0 bridgehead atoms. The molecule has 20 heavy (non-hydrogen) atoms. The number of aliphatic carboxylic acids is 1. The molecule has 0 spiro atoms. The van der Waals surface area contributed by atoms with Gasteiger partial charge in [-0.1, -0.05) is 77.0 Å². The standard InChI is InChI=1S/C17H35NO2/c18-16-14-12-10-8-6-4-2-1-3-5-7-9-11-13-15-17(19)20/h1-16,18H2,(H,19,20)/p-1. The predicted octanol–water partition coefficient (Wildman–Crippen LogP) is 3.55. The van der Waals surface area contributed by atoms with Gasteiger partial charge in [-0.25, -0.2) is 0 Å². The van der Waals surface area contributed by atoms with Crippen LogP contribution in [-0.4, -0.2) is 12.5 Å². The summed E-state index contributed by atoms with van der Waals surface area (Å²) in [7, 11) is 0. The summed E-state index contributed by atoms with van der Waals surface area (Å²) >= 11 is 0. The van der Waals surface area contributed by atoms with Crippen molar-refractivity contribution in [1.82, 2.24) is 0 Å². The number of carboxylic acids is 1. The smallest absolute Gasteiger partial charge is 0.0414 e. The lowest BCUT2D eigenvalue weighted by atomic mass is 10.0. The van der Waals surface area contributed by atoms with Crippen molar-refractivity contribution in [2.24, 2.45) is 5.73 Å². The summed E-state index contributed by atoms with van der Waals surface area (Å²) in [5.74, 6) is -0.909. The summed E-state index contributed by atoms with van der Waals surface area (Å²) in [6.45, 7) is 0.840. The zero-order chi connectivity index (χ0) is 14.9. The number of carbonyl (C=O) groups is 1. The van der Waals surface area contributed by atoms with Gasteiger partial charge in [-0.3, -0.25) is 0 Å². The Kier molecular flexibility index (Phi) is 16.0. The fraction of sp³-hybridized carbons (Fsp3) is 0.941. The topological polar surface area (TPSA) is 66.2 Å². The van der Waals surface area contributed by atoms with Crippen molar-refractivity contribution >= 4 is 5.97 Å². The van der Waals surface area contributed by atoms with E-state index in [-0.39, 0.29) is 6.42 Å². The molecule has 0 atom stereocenters. The molecule has 0 amide bonds. The summed E-state index contributed by atoms with van der Waals surface area (Å²) in [6.07, 6.45) is 17.8. The van der Waals surface area contributed by atoms with Gasteiger partial charge < -0.3 is 15.6 Å². The van der Waals surface area contributed by atoms with Crippen molar-refractivity contribution in [3.05, 3.63) is 0 Å². The quantitative estimate of drug-likeness (QED) is 0.441. The third-order valence-electron chi connectivity index (χ3n) is 3.84. The first kappa shape index (κ1) is 19.4. The zero-order valence-electron chi connectivity index (χ0n) is 13.2. The highest BCUT2D eigenvalue weighted by Gasteiger charge is 1.94. The van der Waals surface area contributed by atoms with E-state index in [4.69, 9.17) is 5.73 Å². The van der Waals surface area contributed by atoms with E-state index in [2.05, 4.69) is 0 Å². The molecule has 3 heteroatoms. The van der Waals surface area contributed by atoms with Crippen LogP contribution in [0.3, 0.4) is 0 Å². The summed E-state index contributed by atoms with van der Waals surface area (Å²) in [5, 5.41) is 10.2. The molecule has 0 saturated heterocycles. The molecule has 0 aliphatic carbocycles.